The van der Waals surface area contributed by atoms with Gasteiger partial charge < -0.3 is 9.73 Å². The molecule has 1 aromatic carbocycles. The van der Waals surface area contributed by atoms with Gasteiger partial charge in [-0.3, -0.25) is 4.79 Å². The van der Waals surface area contributed by atoms with Crippen LogP contribution < -0.4 is 5.32 Å². The fraction of sp³-hybridized carbons (Fsp3) is 0. The van der Waals surface area contributed by atoms with E-state index in [0.717, 1.165) is 9.33 Å². The number of anilines is 1. The molecule has 122 valence electrons. The lowest BCUT2D eigenvalue weighted by atomic mass is 10.2. The molecular weight excluding hydrogens is 427 g/mol. The molecular formula is C20H13IN2O2. The van der Waals surface area contributed by atoms with Crippen molar-refractivity contribution < 1.29 is 9.21 Å². The summed E-state index contributed by atoms with van der Waals surface area (Å²) in [5.41, 5.74) is 2.18. The third-order valence-corrected chi connectivity index (χ3v) is 3.70. The number of hydrogen-bond acceptors (Lipinski definition) is 3. The Morgan fingerprint density at radius 1 is 1.12 bits per heavy atom. The van der Waals surface area contributed by atoms with E-state index < -0.39 is 0 Å². The standard InChI is InChI=1S/C20H13IN2O2/c21-19-11-9-18(25-19)10-12-20(24)23-17-6-3-4-15(14-17)7-8-16-5-1-2-13-22-16/h1-6,9-14H,(H,23,24)/b12-10+. The van der Waals surface area contributed by atoms with Gasteiger partial charge in [0.15, 0.2) is 3.77 Å². The summed E-state index contributed by atoms with van der Waals surface area (Å²) in [5.74, 6) is 6.43. The molecule has 0 aliphatic heterocycles. The molecule has 3 aromatic rings. The van der Waals surface area contributed by atoms with Gasteiger partial charge in [0, 0.05) is 23.5 Å². The molecule has 3 rings (SSSR count). The maximum Gasteiger partial charge on any atom is 0.248 e. The lowest BCUT2D eigenvalue weighted by Gasteiger charge is -2.02. The highest BCUT2D eigenvalue weighted by molar-refractivity contribution is 14.1. The van der Waals surface area contributed by atoms with Gasteiger partial charge in [0.2, 0.25) is 5.91 Å². The lowest BCUT2D eigenvalue weighted by Crippen LogP contribution is -2.07. The van der Waals surface area contributed by atoms with Crippen LogP contribution in [0, 0.1) is 15.6 Å². The summed E-state index contributed by atoms with van der Waals surface area (Å²) in [5, 5.41) is 2.80. The minimum atomic E-state index is -0.235. The Hall–Kier alpha value is -2.85. The maximum atomic E-state index is 12.0. The first-order chi connectivity index (χ1) is 12.2. The Morgan fingerprint density at radius 3 is 2.80 bits per heavy atom. The summed E-state index contributed by atoms with van der Waals surface area (Å²) in [6.07, 6.45) is 4.76. The molecule has 1 amide bonds. The van der Waals surface area contributed by atoms with Crippen molar-refractivity contribution in [2.75, 3.05) is 5.32 Å². The van der Waals surface area contributed by atoms with E-state index in [4.69, 9.17) is 4.42 Å². The summed E-state index contributed by atoms with van der Waals surface area (Å²) >= 11 is 2.07. The number of nitrogens with one attached hydrogen (secondary N) is 1. The van der Waals surface area contributed by atoms with Gasteiger partial charge in [-0.2, -0.15) is 0 Å². The topological polar surface area (TPSA) is 55.1 Å². The first kappa shape index (κ1) is 17.0. The van der Waals surface area contributed by atoms with Gasteiger partial charge >= 0.3 is 0 Å². The molecule has 2 heterocycles. The van der Waals surface area contributed by atoms with E-state index in [1.54, 1.807) is 18.3 Å². The van der Waals surface area contributed by atoms with Gasteiger partial charge in [0.25, 0.3) is 0 Å². The fourth-order valence-corrected chi connectivity index (χ4v) is 2.44. The maximum absolute atomic E-state index is 12.0. The second kappa shape index (κ2) is 8.31. The van der Waals surface area contributed by atoms with Gasteiger partial charge in [0.05, 0.1) is 0 Å². The molecule has 2 aromatic heterocycles. The van der Waals surface area contributed by atoms with Crippen LogP contribution in [0.2, 0.25) is 0 Å². The van der Waals surface area contributed by atoms with Gasteiger partial charge in [0.1, 0.15) is 11.5 Å². The highest BCUT2D eigenvalue weighted by Gasteiger charge is 2.00. The summed E-state index contributed by atoms with van der Waals surface area (Å²) in [6, 6.07) is 16.6. The molecule has 0 atom stereocenters. The van der Waals surface area contributed by atoms with Crippen molar-refractivity contribution >= 4 is 40.3 Å². The van der Waals surface area contributed by atoms with Crippen molar-refractivity contribution in [2.45, 2.75) is 0 Å². The number of rotatable bonds is 3. The van der Waals surface area contributed by atoms with Crippen LogP contribution in [0.25, 0.3) is 6.08 Å². The van der Waals surface area contributed by atoms with E-state index in [1.165, 1.54) is 6.08 Å². The van der Waals surface area contributed by atoms with Crippen molar-refractivity contribution in [3.63, 3.8) is 0 Å². The van der Waals surface area contributed by atoms with Crippen molar-refractivity contribution in [1.82, 2.24) is 4.98 Å². The number of hydrogen-bond donors (Lipinski definition) is 1. The third-order valence-electron chi connectivity index (χ3n) is 3.12. The van der Waals surface area contributed by atoms with Crippen LogP contribution in [-0.4, -0.2) is 10.9 Å². The predicted molar refractivity (Wildman–Crippen MR) is 106 cm³/mol. The third kappa shape index (κ3) is 5.33. The van der Waals surface area contributed by atoms with E-state index in [1.807, 2.05) is 48.5 Å². The number of pyridine rings is 1. The zero-order chi connectivity index (χ0) is 17.5. The average Bonchev–Trinajstić information content (AvgIpc) is 3.05. The van der Waals surface area contributed by atoms with Crippen molar-refractivity contribution in [3.05, 3.63) is 87.7 Å². The minimum absolute atomic E-state index is 0.235. The molecule has 0 saturated heterocycles. The Labute approximate surface area is 159 Å². The van der Waals surface area contributed by atoms with E-state index in [0.29, 0.717) is 17.1 Å². The normalized spacial score (nSPS) is 10.3. The minimum Gasteiger partial charge on any atom is -0.451 e. The van der Waals surface area contributed by atoms with Crippen LogP contribution >= 0.6 is 22.6 Å². The second-order valence-corrected chi connectivity index (χ2v) is 6.07. The molecule has 4 nitrogen and oxygen atoms in total. The van der Waals surface area contributed by atoms with Crippen molar-refractivity contribution in [1.29, 1.82) is 0 Å². The second-order valence-electron chi connectivity index (χ2n) is 5.01. The number of aromatic nitrogens is 1. The summed E-state index contributed by atoms with van der Waals surface area (Å²) in [4.78, 5) is 16.2. The van der Waals surface area contributed by atoms with E-state index in [-0.39, 0.29) is 5.91 Å². The largest absolute Gasteiger partial charge is 0.451 e. The number of benzene rings is 1. The van der Waals surface area contributed by atoms with Crippen LogP contribution in [0.5, 0.6) is 0 Å². The van der Waals surface area contributed by atoms with E-state index >= 15 is 0 Å². The number of amides is 1. The summed E-state index contributed by atoms with van der Waals surface area (Å²) in [7, 11) is 0. The highest BCUT2D eigenvalue weighted by atomic mass is 127. The molecule has 5 heteroatoms. The molecule has 25 heavy (non-hydrogen) atoms. The van der Waals surface area contributed by atoms with Crippen molar-refractivity contribution in [3.8, 4) is 11.8 Å². The molecule has 0 spiro atoms. The lowest BCUT2D eigenvalue weighted by molar-refractivity contribution is -0.111. The SMILES string of the molecule is O=C(/C=C/c1ccc(I)o1)Nc1cccc(C#Cc2ccccn2)c1. The van der Waals surface area contributed by atoms with Crippen LogP contribution in [0.1, 0.15) is 17.0 Å². The predicted octanol–water partition coefficient (Wildman–Crippen LogP) is 4.33. The smallest absolute Gasteiger partial charge is 0.248 e. The van der Waals surface area contributed by atoms with Gasteiger partial charge in [-0.25, -0.2) is 4.98 Å². The zero-order valence-electron chi connectivity index (χ0n) is 13.1. The zero-order valence-corrected chi connectivity index (χ0v) is 15.2. The molecule has 0 aliphatic rings. The molecule has 0 radical (unpaired) electrons. The molecule has 0 unspecified atom stereocenters. The van der Waals surface area contributed by atoms with Crippen molar-refractivity contribution in [2.24, 2.45) is 0 Å². The quantitative estimate of drug-likeness (QED) is 0.375. The highest BCUT2D eigenvalue weighted by Crippen LogP contribution is 2.13. The number of halogens is 1. The molecule has 0 saturated carbocycles. The number of carbonyl (C=O) groups is 1. The van der Waals surface area contributed by atoms with Crippen LogP contribution in [-0.2, 0) is 4.79 Å². The van der Waals surface area contributed by atoms with E-state index in [2.05, 4.69) is 44.7 Å². The Kier molecular flexibility index (Phi) is 5.65. The van der Waals surface area contributed by atoms with Gasteiger partial charge in [-0.05, 0) is 77.1 Å². The van der Waals surface area contributed by atoms with E-state index in [9.17, 15) is 4.79 Å². The summed E-state index contributed by atoms with van der Waals surface area (Å²) in [6.45, 7) is 0. The average molecular weight is 440 g/mol. The number of carbonyl (C=O) groups excluding carboxylic acids is 1. The molecule has 1 N–H and O–H groups in total. The van der Waals surface area contributed by atoms with Crippen LogP contribution in [0.3, 0.4) is 0 Å². The number of nitrogens with zero attached hydrogens (tertiary/aromatic N) is 1. The summed E-state index contributed by atoms with van der Waals surface area (Å²) < 4.78 is 6.15. The molecule has 0 aliphatic carbocycles. The fourth-order valence-electron chi connectivity index (χ4n) is 2.01. The van der Waals surface area contributed by atoms with Gasteiger partial charge in [-0.1, -0.05) is 18.1 Å². The monoisotopic (exact) mass is 440 g/mol. The molecule has 0 fully saturated rings. The van der Waals surface area contributed by atoms with Gasteiger partial charge in [-0.15, -0.1) is 0 Å². The first-order valence-corrected chi connectivity index (χ1v) is 8.54. The van der Waals surface area contributed by atoms with Crippen LogP contribution in [0.4, 0.5) is 5.69 Å². The Morgan fingerprint density at radius 2 is 2.04 bits per heavy atom. The molecule has 0 bridgehead atoms. The Balaban J connectivity index is 1.66. The van der Waals surface area contributed by atoms with Crippen LogP contribution in [0.15, 0.2) is 71.3 Å². The Bertz CT molecular complexity index is 966. The first-order valence-electron chi connectivity index (χ1n) is 7.46. The number of furan rings is 1.